The van der Waals surface area contributed by atoms with E-state index in [0.717, 1.165) is 42.3 Å². The molecule has 1 aliphatic heterocycles. The molecule has 2 aromatic rings. The Kier molecular flexibility index (Phi) is 2.93. The predicted octanol–water partition coefficient (Wildman–Crippen LogP) is 2.76. The summed E-state index contributed by atoms with van der Waals surface area (Å²) in [6.45, 7) is 3.01. The van der Waals surface area contributed by atoms with E-state index in [9.17, 15) is 4.79 Å². The van der Waals surface area contributed by atoms with E-state index in [1.165, 1.54) is 0 Å². The van der Waals surface area contributed by atoms with Crippen molar-refractivity contribution in [1.29, 1.82) is 0 Å². The number of nitrogens with one attached hydrogen (secondary N) is 1. The van der Waals surface area contributed by atoms with E-state index in [4.69, 9.17) is 5.73 Å². The molecule has 0 spiro atoms. The lowest BCUT2D eigenvalue weighted by Gasteiger charge is -2.23. The Morgan fingerprint density at radius 3 is 3.16 bits per heavy atom. The van der Waals surface area contributed by atoms with Crippen molar-refractivity contribution >= 4 is 22.5 Å². The zero-order chi connectivity index (χ0) is 13.4. The van der Waals surface area contributed by atoms with Gasteiger partial charge < -0.3 is 15.6 Å². The average molecular weight is 257 g/mol. The summed E-state index contributed by atoms with van der Waals surface area (Å²) >= 11 is 0. The van der Waals surface area contributed by atoms with E-state index >= 15 is 0 Å². The number of aromatic amines is 1. The van der Waals surface area contributed by atoms with Crippen LogP contribution in [0.25, 0.3) is 10.9 Å². The Balaban J connectivity index is 1.99. The molecule has 1 aromatic carbocycles. The maximum Gasteiger partial charge on any atom is 0.256 e. The largest absolute Gasteiger partial charge is 0.399 e. The summed E-state index contributed by atoms with van der Waals surface area (Å²) in [6.07, 6.45) is 5.05. The lowest BCUT2D eigenvalue weighted by atomic mass is 10.1. The van der Waals surface area contributed by atoms with Crippen LogP contribution in [0, 0.1) is 0 Å². The quantitative estimate of drug-likeness (QED) is 0.813. The number of fused-ring (bicyclic) bond motifs is 1. The maximum atomic E-state index is 12.7. The molecule has 4 heteroatoms. The predicted molar refractivity (Wildman–Crippen MR) is 77.1 cm³/mol. The Morgan fingerprint density at radius 1 is 1.53 bits per heavy atom. The molecule has 2 heterocycles. The molecule has 19 heavy (non-hydrogen) atoms. The van der Waals surface area contributed by atoms with E-state index in [2.05, 4.69) is 11.9 Å². The summed E-state index contributed by atoms with van der Waals surface area (Å²) in [4.78, 5) is 17.8. The van der Waals surface area contributed by atoms with Crippen LogP contribution in [0.3, 0.4) is 0 Å². The summed E-state index contributed by atoms with van der Waals surface area (Å²) in [6, 6.07) is 6.02. The van der Waals surface area contributed by atoms with Crippen LogP contribution in [0.5, 0.6) is 0 Å². The van der Waals surface area contributed by atoms with Crippen LogP contribution in [0.15, 0.2) is 24.4 Å². The molecule has 100 valence electrons. The maximum absolute atomic E-state index is 12.7. The minimum atomic E-state index is 0.126. The van der Waals surface area contributed by atoms with Crippen molar-refractivity contribution in [2.24, 2.45) is 0 Å². The molecule has 1 saturated heterocycles. The Morgan fingerprint density at radius 2 is 2.37 bits per heavy atom. The molecular weight excluding hydrogens is 238 g/mol. The van der Waals surface area contributed by atoms with Gasteiger partial charge in [-0.25, -0.2) is 0 Å². The molecule has 0 aliphatic carbocycles. The topological polar surface area (TPSA) is 62.1 Å². The number of aromatic nitrogens is 1. The number of nitrogen functional groups attached to an aromatic ring is 1. The van der Waals surface area contributed by atoms with Crippen molar-refractivity contribution in [1.82, 2.24) is 9.88 Å². The molecule has 4 nitrogen and oxygen atoms in total. The third kappa shape index (κ3) is 1.97. The van der Waals surface area contributed by atoms with Gasteiger partial charge in [0.15, 0.2) is 0 Å². The molecule has 1 atom stereocenters. The molecule has 3 N–H and O–H groups in total. The van der Waals surface area contributed by atoms with Gasteiger partial charge in [-0.1, -0.05) is 6.92 Å². The number of hydrogen-bond donors (Lipinski definition) is 2. The second-order valence-electron chi connectivity index (χ2n) is 5.21. The summed E-state index contributed by atoms with van der Waals surface area (Å²) in [5.41, 5.74) is 8.21. The van der Waals surface area contributed by atoms with E-state index < -0.39 is 0 Å². The highest BCUT2D eigenvalue weighted by Gasteiger charge is 2.29. The molecule has 1 amide bonds. The molecule has 1 aromatic heterocycles. The molecule has 1 aliphatic rings. The molecule has 0 bridgehead atoms. The SMILES string of the molecule is CCC1CCCN1C(=O)c1c[nH]c2ccc(N)cc12. The molecule has 1 unspecified atom stereocenters. The molecule has 3 rings (SSSR count). The van der Waals surface area contributed by atoms with E-state index in [1.54, 1.807) is 6.20 Å². The van der Waals surface area contributed by atoms with Crippen LogP contribution in [-0.2, 0) is 0 Å². The summed E-state index contributed by atoms with van der Waals surface area (Å²) < 4.78 is 0. The van der Waals surface area contributed by atoms with Crippen molar-refractivity contribution in [3.63, 3.8) is 0 Å². The van der Waals surface area contributed by atoms with Gasteiger partial charge in [-0.2, -0.15) is 0 Å². The van der Waals surface area contributed by atoms with Gasteiger partial charge >= 0.3 is 0 Å². The standard InChI is InChI=1S/C15H19N3O/c1-2-11-4-3-7-18(11)15(19)13-9-17-14-6-5-10(16)8-12(13)14/h5-6,8-9,11,17H,2-4,7,16H2,1H3. The normalized spacial score (nSPS) is 19.2. The number of rotatable bonds is 2. The van der Waals surface area contributed by atoms with Crippen LogP contribution in [0.2, 0.25) is 0 Å². The van der Waals surface area contributed by atoms with Crippen LogP contribution >= 0.6 is 0 Å². The molecule has 1 fully saturated rings. The summed E-state index contributed by atoms with van der Waals surface area (Å²) in [5.74, 6) is 0.126. The number of nitrogens with zero attached hydrogens (tertiary/aromatic N) is 1. The van der Waals surface area contributed by atoms with E-state index in [1.807, 2.05) is 23.1 Å². The second-order valence-corrected chi connectivity index (χ2v) is 5.21. The van der Waals surface area contributed by atoms with Gasteiger partial charge in [0, 0.05) is 35.4 Å². The van der Waals surface area contributed by atoms with Crippen LogP contribution in [0.1, 0.15) is 36.5 Å². The summed E-state index contributed by atoms with van der Waals surface area (Å²) in [5, 5.41) is 0.923. The van der Waals surface area contributed by atoms with Crippen LogP contribution < -0.4 is 5.73 Å². The lowest BCUT2D eigenvalue weighted by molar-refractivity contribution is 0.0736. The van der Waals surface area contributed by atoms with Crippen molar-refractivity contribution in [3.05, 3.63) is 30.0 Å². The number of H-pyrrole nitrogens is 1. The van der Waals surface area contributed by atoms with Crippen LogP contribution in [0.4, 0.5) is 5.69 Å². The third-order valence-corrected chi connectivity index (χ3v) is 4.05. The van der Waals surface area contributed by atoms with Gasteiger partial charge in [-0.3, -0.25) is 4.79 Å². The van der Waals surface area contributed by atoms with E-state index in [-0.39, 0.29) is 5.91 Å². The van der Waals surface area contributed by atoms with Crippen LogP contribution in [-0.4, -0.2) is 28.4 Å². The first kappa shape index (κ1) is 12.1. The fourth-order valence-electron chi connectivity index (χ4n) is 3.00. The van der Waals surface area contributed by atoms with Gasteiger partial charge in [0.25, 0.3) is 5.91 Å². The number of benzene rings is 1. The number of anilines is 1. The first-order valence-corrected chi connectivity index (χ1v) is 6.88. The second kappa shape index (κ2) is 4.61. The van der Waals surface area contributed by atoms with Crippen molar-refractivity contribution in [3.8, 4) is 0 Å². The minimum Gasteiger partial charge on any atom is -0.399 e. The fraction of sp³-hybridized carbons (Fsp3) is 0.400. The number of likely N-dealkylation sites (tertiary alicyclic amines) is 1. The number of nitrogens with two attached hydrogens (primary N) is 1. The zero-order valence-corrected chi connectivity index (χ0v) is 11.1. The Bertz CT molecular complexity index is 617. The molecular formula is C15H19N3O. The third-order valence-electron chi connectivity index (χ3n) is 4.05. The van der Waals surface area contributed by atoms with Gasteiger partial charge in [-0.05, 0) is 37.5 Å². The fourth-order valence-corrected chi connectivity index (χ4v) is 3.00. The molecule has 0 radical (unpaired) electrons. The van der Waals surface area contributed by atoms with Crippen molar-refractivity contribution in [2.75, 3.05) is 12.3 Å². The Hall–Kier alpha value is -1.97. The van der Waals surface area contributed by atoms with Crippen molar-refractivity contribution in [2.45, 2.75) is 32.2 Å². The number of amides is 1. The summed E-state index contributed by atoms with van der Waals surface area (Å²) in [7, 11) is 0. The lowest BCUT2D eigenvalue weighted by Crippen LogP contribution is -2.34. The van der Waals surface area contributed by atoms with Gasteiger partial charge in [-0.15, -0.1) is 0 Å². The monoisotopic (exact) mass is 257 g/mol. The number of hydrogen-bond acceptors (Lipinski definition) is 2. The molecule has 0 saturated carbocycles. The highest BCUT2D eigenvalue weighted by molar-refractivity contribution is 6.07. The van der Waals surface area contributed by atoms with Crippen molar-refractivity contribution < 1.29 is 4.79 Å². The van der Waals surface area contributed by atoms with Gasteiger partial charge in [0.2, 0.25) is 0 Å². The zero-order valence-electron chi connectivity index (χ0n) is 11.1. The minimum absolute atomic E-state index is 0.126. The Labute approximate surface area is 112 Å². The number of carbonyl (C=O) groups excluding carboxylic acids is 1. The highest BCUT2D eigenvalue weighted by atomic mass is 16.2. The first-order valence-electron chi connectivity index (χ1n) is 6.88. The van der Waals surface area contributed by atoms with Gasteiger partial charge in [0.1, 0.15) is 0 Å². The number of carbonyl (C=O) groups is 1. The van der Waals surface area contributed by atoms with E-state index in [0.29, 0.717) is 11.7 Å². The van der Waals surface area contributed by atoms with Gasteiger partial charge in [0.05, 0.1) is 5.56 Å². The highest BCUT2D eigenvalue weighted by Crippen LogP contribution is 2.26. The first-order chi connectivity index (χ1) is 9.20. The average Bonchev–Trinajstić information content (AvgIpc) is 3.03. The smallest absolute Gasteiger partial charge is 0.256 e.